The fourth-order valence-electron chi connectivity index (χ4n) is 4.13. The van der Waals surface area contributed by atoms with E-state index < -0.39 is 0 Å². The molecule has 3 aromatic carbocycles. The molecule has 0 aliphatic heterocycles. The Morgan fingerprint density at radius 2 is 1.68 bits per heavy atom. The molecule has 0 bridgehead atoms. The molecule has 5 rings (SSSR count). The summed E-state index contributed by atoms with van der Waals surface area (Å²) in [6.45, 7) is 4.22. The van der Waals surface area contributed by atoms with Crippen LogP contribution in [0.4, 0.5) is 0 Å². The van der Waals surface area contributed by atoms with Gasteiger partial charge in [-0.05, 0) is 48.0 Å². The van der Waals surface area contributed by atoms with E-state index in [0.717, 1.165) is 21.1 Å². The first-order valence-electron chi connectivity index (χ1n) is 11.5. The van der Waals surface area contributed by atoms with Gasteiger partial charge in [0.05, 0.1) is 20.4 Å². The van der Waals surface area contributed by atoms with Crippen LogP contribution >= 0.6 is 27.3 Å². The molecule has 2 aromatic heterocycles. The van der Waals surface area contributed by atoms with Crippen LogP contribution in [0.3, 0.4) is 0 Å². The van der Waals surface area contributed by atoms with Crippen LogP contribution in [0.2, 0.25) is 0 Å². The van der Waals surface area contributed by atoms with Gasteiger partial charge in [-0.25, -0.2) is 0 Å². The van der Waals surface area contributed by atoms with Crippen molar-refractivity contribution < 1.29 is 9.47 Å². The maximum atomic E-state index is 13.4. The van der Waals surface area contributed by atoms with Gasteiger partial charge in [-0.3, -0.25) is 9.59 Å². The molecule has 0 radical (unpaired) electrons. The first kappa shape index (κ1) is 24.8. The molecule has 0 saturated heterocycles. The third-order valence-corrected chi connectivity index (χ3v) is 7.27. The van der Waals surface area contributed by atoms with E-state index in [1.807, 2.05) is 90.5 Å². The summed E-state index contributed by atoms with van der Waals surface area (Å²) >= 11 is 4.79. The molecule has 6 nitrogen and oxygen atoms in total. The standard InChI is InChI=1S/C29H23BrN2O4S/c1-18-31-29(34)25(37-18)17-19-7-13-22(14-8-19)35-15-16-36-28-26(20-9-11-21(30)12-10-20)32(2)24-6-4-3-5-23(24)27(28)33/h3-14,17H,1,15-16H2,2H3,(H,31,34)/b25-17+. The van der Waals surface area contributed by atoms with Gasteiger partial charge < -0.3 is 19.0 Å². The Balaban J connectivity index is 1.35. The average molecular weight is 575 g/mol. The van der Waals surface area contributed by atoms with Crippen molar-refractivity contribution in [1.82, 2.24) is 9.55 Å². The fraction of sp³-hybridized carbons (Fsp3) is 0.103. The van der Waals surface area contributed by atoms with E-state index in [1.165, 1.54) is 11.3 Å². The molecule has 0 atom stereocenters. The number of hydrogen-bond donors (Lipinski definition) is 1. The maximum Gasteiger partial charge on any atom is 0.266 e. The normalized spacial score (nSPS) is 11.7. The second-order valence-corrected chi connectivity index (χ2v) is 10.4. The summed E-state index contributed by atoms with van der Waals surface area (Å²) < 4.78 is 16.1. The number of thiazole rings is 1. The number of nitrogens with one attached hydrogen (secondary N) is 1. The number of rotatable bonds is 7. The van der Waals surface area contributed by atoms with Crippen LogP contribution in [-0.2, 0) is 7.05 Å². The van der Waals surface area contributed by atoms with Crippen molar-refractivity contribution in [2.45, 2.75) is 0 Å². The van der Waals surface area contributed by atoms with Crippen LogP contribution in [0, 0.1) is 0 Å². The summed E-state index contributed by atoms with van der Waals surface area (Å²) in [5.41, 5.74) is 3.02. The predicted octanol–water partition coefficient (Wildman–Crippen LogP) is 4.41. The van der Waals surface area contributed by atoms with Crippen molar-refractivity contribution in [3.63, 3.8) is 0 Å². The van der Waals surface area contributed by atoms with Gasteiger partial charge in [-0.2, -0.15) is 0 Å². The van der Waals surface area contributed by atoms with E-state index in [0.29, 0.717) is 31.8 Å². The predicted molar refractivity (Wildman–Crippen MR) is 153 cm³/mol. The Labute approximate surface area is 224 Å². The van der Waals surface area contributed by atoms with Crippen LogP contribution in [-0.4, -0.2) is 22.8 Å². The lowest BCUT2D eigenvalue weighted by Gasteiger charge is -2.18. The van der Waals surface area contributed by atoms with Gasteiger partial charge in [-0.15, -0.1) is 11.3 Å². The number of halogens is 1. The number of H-pyrrole nitrogens is 1. The van der Waals surface area contributed by atoms with Crippen LogP contribution < -0.4 is 29.7 Å². The summed E-state index contributed by atoms with van der Waals surface area (Å²) in [7, 11) is 1.93. The maximum absolute atomic E-state index is 13.4. The molecule has 8 heteroatoms. The van der Waals surface area contributed by atoms with Crippen LogP contribution in [0.25, 0.3) is 34.8 Å². The number of ether oxygens (including phenoxy) is 2. The number of fused-ring (bicyclic) bond motifs is 1. The van der Waals surface area contributed by atoms with Crippen molar-refractivity contribution in [3.05, 3.63) is 113 Å². The fourth-order valence-corrected chi connectivity index (χ4v) is 5.14. The SMILES string of the molecule is C=c1[nH]c(=O)/c(=C\c2ccc(OCCOc3c(-c4ccc(Br)cc4)n(C)c4ccccc4c3=O)cc2)s1. The molecule has 5 aromatic rings. The number of benzene rings is 3. The number of nitrogens with zero attached hydrogens (tertiary/aromatic N) is 1. The summed E-state index contributed by atoms with van der Waals surface area (Å²) in [4.78, 5) is 27.9. The van der Waals surface area contributed by atoms with Gasteiger partial charge in [0, 0.05) is 22.5 Å². The third-order valence-electron chi connectivity index (χ3n) is 5.87. The lowest BCUT2D eigenvalue weighted by Crippen LogP contribution is -2.19. The van der Waals surface area contributed by atoms with Crippen LogP contribution in [0.5, 0.6) is 11.5 Å². The number of para-hydroxylation sites is 1. The molecule has 37 heavy (non-hydrogen) atoms. The Morgan fingerprint density at radius 1 is 0.973 bits per heavy atom. The molecule has 186 valence electrons. The van der Waals surface area contributed by atoms with Crippen molar-refractivity contribution in [2.24, 2.45) is 7.05 Å². The van der Waals surface area contributed by atoms with Gasteiger partial charge in [0.15, 0.2) is 5.75 Å². The number of pyridine rings is 1. The molecule has 0 aliphatic rings. The summed E-state index contributed by atoms with van der Waals surface area (Å²) in [6, 6.07) is 22.7. The first-order valence-corrected chi connectivity index (χ1v) is 13.1. The highest BCUT2D eigenvalue weighted by atomic mass is 79.9. The minimum atomic E-state index is -0.152. The largest absolute Gasteiger partial charge is 0.490 e. The van der Waals surface area contributed by atoms with Gasteiger partial charge in [0.1, 0.15) is 19.0 Å². The molecule has 1 N–H and O–H groups in total. The highest BCUT2D eigenvalue weighted by Crippen LogP contribution is 2.31. The van der Waals surface area contributed by atoms with Crippen molar-refractivity contribution >= 4 is 50.8 Å². The van der Waals surface area contributed by atoms with E-state index in [4.69, 9.17) is 9.47 Å². The molecule has 0 unspecified atom stereocenters. The topological polar surface area (TPSA) is 73.3 Å². The highest BCUT2D eigenvalue weighted by Gasteiger charge is 2.18. The zero-order valence-electron chi connectivity index (χ0n) is 20.0. The molecule has 0 amide bonds. The molecule has 0 aliphatic carbocycles. The Morgan fingerprint density at radius 3 is 2.38 bits per heavy atom. The first-order chi connectivity index (χ1) is 17.9. The minimum Gasteiger partial charge on any atom is -0.490 e. The van der Waals surface area contributed by atoms with E-state index >= 15 is 0 Å². The lowest BCUT2D eigenvalue weighted by atomic mass is 10.1. The number of aromatic amines is 1. The molecule has 2 heterocycles. The highest BCUT2D eigenvalue weighted by molar-refractivity contribution is 9.10. The number of hydrogen-bond acceptors (Lipinski definition) is 5. The number of aryl methyl sites for hydroxylation is 1. The summed E-state index contributed by atoms with van der Waals surface area (Å²) in [6.07, 6.45) is 1.81. The van der Waals surface area contributed by atoms with Gasteiger partial charge in [0.2, 0.25) is 5.43 Å². The van der Waals surface area contributed by atoms with Gasteiger partial charge >= 0.3 is 0 Å². The summed E-state index contributed by atoms with van der Waals surface area (Å²) in [5, 5.41) is 0.601. The summed E-state index contributed by atoms with van der Waals surface area (Å²) in [5.74, 6) is 0.959. The molecule has 0 fully saturated rings. The van der Waals surface area contributed by atoms with Gasteiger partial charge in [-0.1, -0.05) is 58.9 Å². The molecule has 0 saturated carbocycles. The van der Waals surface area contributed by atoms with Crippen molar-refractivity contribution in [2.75, 3.05) is 13.2 Å². The Bertz CT molecular complexity index is 1800. The minimum absolute atomic E-state index is 0.144. The average Bonchev–Trinajstić information content (AvgIpc) is 3.22. The number of aromatic nitrogens is 2. The lowest BCUT2D eigenvalue weighted by molar-refractivity contribution is 0.216. The van der Waals surface area contributed by atoms with E-state index in [9.17, 15) is 9.59 Å². The van der Waals surface area contributed by atoms with Crippen LogP contribution in [0.1, 0.15) is 5.56 Å². The van der Waals surface area contributed by atoms with E-state index in [1.54, 1.807) is 0 Å². The molecule has 0 spiro atoms. The van der Waals surface area contributed by atoms with Crippen molar-refractivity contribution in [3.8, 4) is 22.8 Å². The Hall–Kier alpha value is -3.88. The monoisotopic (exact) mass is 574 g/mol. The molecular formula is C29H23BrN2O4S. The Kier molecular flexibility index (Phi) is 7.12. The molecular weight excluding hydrogens is 552 g/mol. The zero-order valence-corrected chi connectivity index (χ0v) is 22.4. The van der Waals surface area contributed by atoms with E-state index in [-0.39, 0.29) is 24.2 Å². The van der Waals surface area contributed by atoms with Gasteiger partial charge in [0.25, 0.3) is 5.56 Å². The quantitative estimate of drug-likeness (QED) is 0.292. The second kappa shape index (κ2) is 10.6. The zero-order chi connectivity index (χ0) is 25.9. The van der Waals surface area contributed by atoms with Crippen molar-refractivity contribution in [1.29, 1.82) is 0 Å². The van der Waals surface area contributed by atoms with Crippen LogP contribution in [0.15, 0.2) is 86.9 Å². The smallest absolute Gasteiger partial charge is 0.266 e. The van der Waals surface area contributed by atoms with E-state index in [2.05, 4.69) is 27.5 Å². The second-order valence-electron chi connectivity index (χ2n) is 8.34. The third kappa shape index (κ3) is 5.30.